The van der Waals surface area contributed by atoms with Crippen molar-refractivity contribution in [3.05, 3.63) is 131 Å². The maximum atomic E-state index is 14.6. The van der Waals surface area contributed by atoms with Gasteiger partial charge in [-0.15, -0.1) is 0 Å². The first-order valence-electron chi connectivity index (χ1n) is 32.7. The molecule has 0 spiro atoms. The van der Waals surface area contributed by atoms with E-state index in [0.717, 1.165) is 99.3 Å². The summed E-state index contributed by atoms with van der Waals surface area (Å²) >= 11 is 0. The summed E-state index contributed by atoms with van der Waals surface area (Å²) in [7, 11) is 1.75. The van der Waals surface area contributed by atoms with Crippen LogP contribution < -0.4 is 16.0 Å². The lowest BCUT2D eigenvalue weighted by atomic mass is 9.76. The first-order chi connectivity index (χ1) is 42.5. The van der Waals surface area contributed by atoms with Crippen LogP contribution in [-0.2, 0) is 41.6 Å². The summed E-state index contributed by atoms with van der Waals surface area (Å²) < 4.78 is 27.7. The van der Waals surface area contributed by atoms with Gasteiger partial charge in [-0.05, 0) is 155 Å². The zero-order valence-electron chi connectivity index (χ0n) is 52.3. The molecule has 0 bridgehead atoms. The van der Waals surface area contributed by atoms with Gasteiger partial charge in [-0.1, -0.05) is 113 Å². The number of nitrogens with one attached hydrogen (secondary N) is 3. The standard InChI is InChI=1S/C71H93F2N7O8/c1-5-48(2)68(85)76-67(56-16-10-7-11-17-56)71(88)80-41-13-19-61(80)46-77(42-38-50-20-32-58(72)33-21-50)65(83)37-36-63(81)55-28-24-52(25-29-55)53-26-30-57(31-27-53)69(86)75-45-66(84)78(43-39-51-22-34-59(73)35-23-51)47-60-18-12-40-79(60)70(87)62(44-64(82)49(3)74-4)54-14-8-6-9-15-54/h20-35,48-49,54,56,60-62,67,74H,5-19,36-47H2,1-4H3,(H,75,86)(H,76,85)/t48-,49+,60+,61+,62+,67+/m1/s1. The van der Waals surface area contributed by atoms with Crippen LogP contribution in [0.15, 0.2) is 97.1 Å². The first kappa shape index (κ1) is 66.8. The SMILES string of the molecule is CC[C@@H](C)C(=O)N[C@H](C(=O)N1CCC[C@H]1CN(CCc1ccc(F)cc1)C(=O)CCC(=O)c1ccc(-c2ccc(C(=O)NCC(=O)N(CCc3ccc(F)cc3)C[C@@H]3CCCN3C(=O)[C@@H](CC(=O)[C@H](C)NC)C3CCCCC3)cc2)cc1)C1CCCCC1. The molecule has 2 saturated heterocycles. The van der Waals surface area contributed by atoms with Crippen LogP contribution in [0.2, 0.25) is 0 Å². The highest BCUT2D eigenvalue weighted by Crippen LogP contribution is 2.36. The number of Topliss-reactive ketones (excluding diaryl/α,β-unsaturated/α-hetero) is 2. The van der Waals surface area contributed by atoms with Gasteiger partial charge >= 0.3 is 0 Å². The summed E-state index contributed by atoms with van der Waals surface area (Å²) in [5.74, 6) is -2.61. The molecule has 8 rings (SSSR count). The third-order valence-corrected chi connectivity index (χ3v) is 19.3. The van der Waals surface area contributed by atoms with E-state index in [-0.39, 0.29) is 134 Å². The van der Waals surface area contributed by atoms with Crippen LogP contribution in [0, 0.1) is 35.3 Å². The van der Waals surface area contributed by atoms with Gasteiger partial charge in [0.2, 0.25) is 29.5 Å². The highest BCUT2D eigenvalue weighted by Gasteiger charge is 2.42. The number of likely N-dealkylation sites (N-methyl/N-ethyl adjacent to an activating group) is 1. The molecule has 0 unspecified atom stereocenters. The Balaban J connectivity index is 0.872. The smallest absolute Gasteiger partial charge is 0.251 e. The van der Waals surface area contributed by atoms with Gasteiger partial charge in [0, 0.05) is 93.6 Å². The molecule has 15 nitrogen and oxygen atoms in total. The number of amides is 6. The third-order valence-electron chi connectivity index (χ3n) is 19.3. The fourth-order valence-corrected chi connectivity index (χ4v) is 13.4. The number of hydrogen-bond acceptors (Lipinski definition) is 9. The van der Waals surface area contributed by atoms with E-state index in [9.17, 15) is 47.1 Å². The maximum absolute atomic E-state index is 14.6. The lowest BCUT2D eigenvalue weighted by Crippen LogP contribution is -2.56. The van der Waals surface area contributed by atoms with E-state index in [1.54, 1.807) is 77.5 Å². The van der Waals surface area contributed by atoms with Crippen LogP contribution in [0.3, 0.4) is 0 Å². The second-order valence-corrected chi connectivity index (χ2v) is 25.2. The lowest BCUT2D eigenvalue weighted by molar-refractivity contribution is -0.143. The van der Waals surface area contributed by atoms with Crippen molar-refractivity contribution in [1.82, 2.24) is 35.6 Å². The Labute approximate surface area is 519 Å². The minimum absolute atomic E-state index is 0.0145. The fraction of sp³-hybridized carbons (Fsp3) is 0.549. The van der Waals surface area contributed by atoms with Gasteiger partial charge in [0.05, 0.1) is 12.6 Å². The average molecular weight is 1210 g/mol. The molecule has 88 heavy (non-hydrogen) atoms. The normalized spacial score (nSPS) is 18.7. The summed E-state index contributed by atoms with van der Waals surface area (Å²) in [4.78, 5) is 119. The van der Waals surface area contributed by atoms with Crippen LogP contribution in [-0.4, -0.2) is 144 Å². The molecule has 0 radical (unpaired) electrons. The molecule has 4 aliphatic rings. The van der Waals surface area contributed by atoms with Crippen molar-refractivity contribution < 1.29 is 47.1 Å². The van der Waals surface area contributed by atoms with Crippen molar-refractivity contribution in [2.45, 2.75) is 173 Å². The van der Waals surface area contributed by atoms with Gasteiger partial charge in [-0.2, -0.15) is 0 Å². The quantitative estimate of drug-likeness (QED) is 0.0445. The first-order valence-corrected chi connectivity index (χ1v) is 32.7. The molecular formula is C71H93F2N7O8. The Morgan fingerprint density at radius 3 is 1.57 bits per heavy atom. The average Bonchev–Trinajstić information content (AvgIpc) is 3.65. The molecule has 474 valence electrons. The Morgan fingerprint density at radius 2 is 1.06 bits per heavy atom. The Hall–Kier alpha value is -7.14. The van der Waals surface area contributed by atoms with Crippen LogP contribution in [0.4, 0.5) is 8.78 Å². The number of rotatable bonds is 29. The molecule has 3 N–H and O–H groups in total. The topological polar surface area (TPSA) is 186 Å². The second kappa shape index (κ2) is 32.9. The number of nitrogens with zero attached hydrogens (tertiary/aromatic N) is 4. The summed E-state index contributed by atoms with van der Waals surface area (Å²) in [6.45, 7) is 7.56. The molecule has 2 saturated carbocycles. The number of hydrogen-bond donors (Lipinski definition) is 3. The number of carbonyl (C=O) groups excluding carboxylic acids is 8. The van der Waals surface area contributed by atoms with E-state index in [4.69, 9.17) is 0 Å². The van der Waals surface area contributed by atoms with Crippen molar-refractivity contribution in [3.63, 3.8) is 0 Å². The van der Waals surface area contributed by atoms with E-state index >= 15 is 0 Å². The minimum Gasteiger partial charge on any atom is -0.344 e. The second-order valence-electron chi connectivity index (χ2n) is 25.2. The van der Waals surface area contributed by atoms with Crippen molar-refractivity contribution in [2.24, 2.45) is 23.7 Å². The molecular weight excluding hydrogens is 1120 g/mol. The highest BCUT2D eigenvalue weighted by molar-refractivity contribution is 5.99. The van der Waals surface area contributed by atoms with E-state index in [1.807, 2.05) is 42.7 Å². The fourth-order valence-electron chi connectivity index (χ4n) is 13.4. The summed E-state index contributed by atoms with van der Waals surface area (Å²) in [6, 6.07) is 24.8. The van der Waals surface area contributed by atoms with Gasteiger partial charge in [0.1, 0.15) is 23.5 Å². The van der Waals surface area contributed by atoms with E-state index in [1.165, 1.54) is 24.3 Å². The highest BCUT2D eigenvalue weighted by atomic mass is 19.1. The molecule has 4 fully saturated rings. The van der Waals surface area contributed by atoms with Crippen molar-refractivity contribution in [2.75, 3.05) is 52.9 Å². The van der Waals surface area contributed by atoms with Crippen molar-refractivity contribution >= 4 is 47.0 Å². The Morgan fingerprint density at radius 1 is 0.568 bits per heavy atom. The number of likely N-dealkylation sites (tertiary alicyclic amines) is 2. The molecule has 17 heteroatoms. The van der Waals surface area contributed by atoms with Crippen molar-refractivity contribution in [1.29, 1.82) is 0 Å². The number of ketones is 2. The lowest BCUT2D eigenvalue weighted by Gasteiger charge is -2.37. The predicted octanol–water partition coefficient (Wildman–Crippen LogP) is 10.3. The van der Waals surface area contributed by atoms with Gasteiger partial charge in [0.25, 0.3) is 5.91 Å². The van der Waals surface area contributed by atoms with Crippen molar-refractivity contribution in [3.8, 4) is 11.1 Å². The molecule has 6 amide bonds. The van der Waals surface area contributed by atoms with Gasteiger partial charge in [-0.25, -0.2) is 8.78 Å². The van der Waals surface area contributed by atoms with Crippen LogP contribution in [0.25, 0.3) is 11.1 Å². The summed E-state index contributed by atoms with van der Waals surface area (Å²) in [6.07, 6.45) is 14.5. The zero-order valence-corrected chi connectivity index (χ0v) is 52.3. The molecule has 2 aliphatic heterocycles. The van der Waals surface area contributed by atoms with E-state index in [0.29, 0.717) is 62.9 Å². The Bertz CT molecular complexity index is 2780. The van der Waals surface area contributed by atoms with Crippen LogP contribution in [0.1, 0.15) is 168 Å². The Kier molecular flexibility index (Phi) is 25.0. The molecule has 2 heterocycles. The molecule has 6 atom stereocenters. The van der Waals surface area contributed by atoms with Gasteiger partial charge in [0.15, 0.2) is 5.78 Å². The number of carbonyl (C=O) groups is 8. The number of halogens is 2. The largest absolute Gasteiger partial charge is 0.344 e. The van der Waals surface area contributed by atoms with E-state index < -0.39 is 17.9 Å². The van der Waals surface area contributed by atoms with E-state index in [2.05, 4.69) is 16.0 Å². The molecule has 2 aliphatic carbocycles. The third kappa shape index (κ3) is 18.5. The van der Waals surface area contributed by atoms with Gasteiger partial charge in [-0.3, -0.25) is 38.4 Å². The molecule has 0 aromatic heterocycles. The molecule has 4 aromatic rings. The minimum atomic E-state index is -0.625. The monoisotopic (exact) mass is 1210 g/mol. The summed E-state index contributed by atoms with van der Waals surface area (Å²) in [5.41, 5.74) is 4.05. The summed E-state index contributed by atoms with van der Waals surface area (Å²) in [5, 5.41) is 8.98. The zero-order chi connectivity index (χ0) is 62.7. The van der Waals surface area contributed by atoms with Crippen LogP contribution in [0.5, 0.6) is 0 Å². The predicted molar refractivity (Wildman–Crippen MR) is 337 cm³/mol. The molecule has 4 aromatic carbocycles. The maximum Gasteiger partial charge on any atom is 0.251 e. The van der Waals surface area contributed by atoms with Crippen LogP contribution >= 0.6 is 0 Å². The number of benzene rings is 4. The van der Waals surface area contributed by atoms with Gasteiger partial charge < -0.3 is 35.6 Å².